The highest BCUT2D eigenvalue weighted by Crippen LogP contribution is 1.82. The molecular formula is C9H19N3O2. The lowest BCUT2D eigenvalue weighted by molar-refractivity contribution is -0.120. The maximum absolute atomic E-state index is 11.0. The van der Waals surface area contributed by atoms with E-state index in [-0.39, 0.29) is 11.9 Å². The molecule has 0 radical (unpaired) electrons. The van der Waals surface area contributed by atoms with Crippen LogP contribution in [0.2, 0.25) is 0 Å². The number of carbonyl (C=O) groups excluding carboxylic acids is 2. The van der Waals surface area contributed by atoms with Gasteiger partial charge in [-0.2, -0.15) is 0 Å². The van der Waals surface area contributed by atoms with Crippen molar-refractivity contribution in [2.24, 2.45) is 0 Å². The molecule has 5 heteroatoms. The third-order valence-electron chi connectivity index (χ3n) is 1.73. The Bertz CT molecular complexity index is 183. The van der Waals surface area contributed by atoms with Gasteiger partial charge in [0.05, 0.1) is 0 Å². The number of rotatable bonds is 6. The summed E-state index contributed by atoms with van der Waals surface area (Å²) in [5, 5.41) is 7.77. The number of unbranched alkanes of at least 4 members (excludes halogenated alkanes) is 1. The topological polar surface area (TPSA) is 70.2 Å². The van der Waals surface area contributed by atoms with Crippen LogP contribution in [0.4, 0.5) is 4.79 Å². The van der Waals surface area contributed by atoms with Gasteiger partial charge in [0.2, 0.25) is 5.91 Å². The van der Waals surface area contributed by atoms with Crippen molar-refractivity contribution in [2.45, 2.75) is 26.2 Å². The summed E-state index contributed by atoms with van der Waals surface area (Å²) < 4.78 is 0. The summed E-state index contributed by atoms with van der Waals surface area (Å²) in [5.41, 5.74) is 0. The summed E-state index contributed by atoms with van der Waals surface area (Å²) in [5.74, 6) is -0.0705. The van der Waals surface area contributed by atoms with Crippen molar-refractivity contribution >= 4 is 11.9 Å². The molecule has 0 fully saturated rings. The quantitative estimate of drug-likeness (QED) is 0.538. The number of hydrogen-bond acceptors (Lipinski definition) is 2. The first-order valence-electron chi connectivity index (χ1n) is 4.93. The lowest BCUT2D eigenvalue weighted by Gasteiger charge is -2.06. The first-order valence-corrected chi connectivity index (χ1v) is 4.93. The predicted octanol–water partition coefficient (Wildman–Crippen LogP) is 0.222. The number of urea groups is 1. The van der Waals surface area contributed by atoms with Crippen molar-refractivity contribution < 1.29 is 9.59 Å². The Morgan fingerprint density at radius 2 is 1.79 bits per heavy atom. The van der Waals surface area contributed by atoms with Gasteiger partial charge in [-0.05, 0) is 6.42 Å². The molecule has 0 aliphatic carbocycles. The van der Waals surface area contributed by atoms with Gasteiger partial charge >= 0.3 is 6.03 Å². The maximum Gasteiger partial charge on any atom is 0.314 e. The van der Waals surface area contributed by atoms with Gasteiger partial charge < -0.3 is 16.0 Å². The minimum atomic E-state index is -0.206. The molecule has 82 valence electrons. The number of nitrogens with one attached hydrogen (secondary N) is 3. The van der Waals surface area contributed by atoms with Crippen LogP contribution in [0.3, 0.4) is 0 Å². The molecule has 0 aromatic carbocycles. The molecule has 0 unspecified atom stereocenters. The Hall–Kier alpha value is -1.26. The summed E-state index contributed by atoms with van der Waals surface area (Å²) in [7, 11) is 1.57. The van der Waals surface area contributed by atoms with E-state index in [9.17, 15) is 9.59 Å². The first kappa shape index (κ1) is 12.7. The van der Waals surface area contributed by atoms with E-state index in [0.717, 1.165) is 12.8 Å². The summed E-state index contributed by atoms with van der Waals surface area (Å²) >= 11 is 0. The minimum Gasteiger partial charge on any atom is -0.359 e. The maximum atomic E-state index is 11.0. The fourth-order valence-electron chi connectivity index (χ4n) is 0.856. The first-order chi connectivity index (χ1) is 6.70. The van der Waals surface area contributed by atoms with Gasteiger partial charge in [-0.3, -0.25) is 4.79 Å². The third kappa shape index (κ3) is 7.39. The SMILES string of the molecule is CCCCNC(=O)NCCC(=O)NC. The van der Waals surface area contributed by atoms with Gasteiger partial charge in [0.1, 0.15) is 0 Å². The fourth-order valence-corrected chi connectivity index (χ4v) is 0.856. The molecule has 0 saturated carbocycles. The van der Waals surface area contributed by atoms with Crippen LogP contribution in [-0.4, -0.2) is 32.1 Å². The van der Waals surface area contributed by atoms with E-state index >= 15 is 0 Å². The summed E-state index contributed by atoms with van der Waals surface area (Å²) in [6.07, 6.45) is 2.35. The normalized spacial score (nSPS) is 9.29. The summed E-state index contributed by atoms with van der Waals surface area (Å²) in [4.78, 5) is 21.8. The molecule has 0 saturated heterocycles. The molecule has 0 rings (SSSR count). The molecular weight excluding hydrogens is 182 g/mol. The second-order valence-electron chi connectivity index (χ2n) is 2.96. The molecule has 0 aliphatic heterocycles. The fraction of sp³-hybridized carbons (Fsp3) is 0.778. The van der Waals surface area contributed by atoms with Crippen LogP contribution in [0.25, 0.3) is 0 Å². The van der Waals surface area contributed by atoms with Gasteiger partial charge in [-0.15, -0.1) is 0 Å². The Morgan fingerprint density at radius 1 is 1.14 bits per heavy atom. The smallest absolute Gasteiger partial charge is 0.314 e. The largest absolute Gasteiger partial charge is 0.359 e. The van der Waals surface area contributed by atoms with Crippen LogP contribution >= 0.6 is 0 Å². The van der Waals surface area contributed by atoms with Crippen molar-refractivity contribution in [2.75, 3.05) is 20.1 Å². The van der Waals surface area contributed by atoms with E-state index in [4.69, 9.17) is 0 Å². The lowest BCUT2D eigenvalue weighted by Crippen LogP contribution is -2.37. The minimum absolute atomic E-state index is 0.0705. The van der Waals surface area contributed by atoms with E-state index in [1.807, 2.05) is 0 Å². The Morgan fingerprint density at radius 3 is 2.36 bits per heavy atom. The Labute approximate surface area is 84.6 Å². The zero-order valence-corrected chi connectivity index (χ0v) is 8.85. The molecule has 0 heterocycles. The molecule has 0 bridgehead atoms. The van der Waals surface area contributed by atoms with Crippen LogP contribution in [0.15, 0.2) is 0 Å². The van der Waals surface area contributed by atoms with E-state index in [1.165, 1.54) is 0 Å². The molecule has 14 heavy (non-hydrogen) atoms. The zero-order valence-electron chi connectivity index (χ0n) is 8.85. The Kier molecular flexibility index (Phi) is 7.59. The van der Waals surface area contributed by atoms with Gasteiger partial charge in [-0.1, -0.05) is 13.3 Å². The third-order valence-corrected chi connectivity index (χ3v) is 1.73. The second kappa shape index (κ2) is 8.34. The highest BCUT2D eigenvalue weighted by Gasteiger charge is 2.00. The summed E-state index contributed by atoms with van der Waals surface area (Å²) in [6, 6.07) is -0.206. The number of carbonyl (C=O) groups is 2. The van der Waals surface area contributed by atoms with Crippen LogP contribution < -0.4 is 16.0 Å². The standard InChI is InChI=1S/C9H19N3O2/c1-3-4-6-11-9(14)12-7-5-8(13)10-2/h3-7H2,1-2H3,(H,10,13)(H2,11,12,14). The average Bonchev–Trinajstić information content (AvgIpc) is 2.18. The van der Waals surface area contributed by atoms with Crippen molar-refractivity contribution in [3.63, 3.8) is 0 Å². The molecule has 0 aromatic heterocycles. The van der Waals surface area contributed by atoms with Crippen molar-refractivity contribution in [3.05, 3.63) is 0 Å². The molecule has 0 atom stereocenters. The van der Waals surface area contributed by atoms with Gasteiger partial charge in [0.15, 0.2) is 0 Å². The van der Waals surface area contributed by atoms with Crippen LogP contribution in [-0.2, 0) is 4.79 Å². The lowest BCUT2D eigenvalue weighted by atomic mass is 10.3. The van der Waals surface area contributed by atoms with Crippen molar-refractivity contribution in [1.82, 2.24) is 16.0 Å². The van der Waals surface area contributed by atoms with Crippen LogP contribution in [0.1, 0.15) is 26.2 Å². The zero-order chi connectivity index (χ0) is 10.8. The van der Waals surface area contributed by atoms with Gasteiger partial charge in [-0.25, -0.2) is 4.79 Å². The highest BCUT2D eigenvalue weighted by molar-refractivity contribution is 5.77. The molecule has 0 aromatic rings. The molecule has 0 spiro atoms. The van der Waals surface area contributed by atoms with E-state index < -0.39 is 0 Å². The summed E-state index contributed by atoms with van der Waals surface area (Å²) in [6.45, 7) is 3.12. The van der Waals surface area contributed by atoms with E-state index in [1.54, 1.807) is 7.05 Å². The Balaban J connectivity index is 3.31. The van der Waals surface area contributed by atoms with Crippen molar-refractivity contribution in [3.8, 4) is 0 Å². The monoisotopic (exact) mass is 201 g/mol. The van der Waals surface area contributed by atoms with E-state index in [0.29, 0.717) is 19.5 Å². The number of hydrogen-bond donors (Lipinski definition) is 3. The molecule has 5 nitrogen and oxygen atoms in total. The second-order valence-corrected chi connectivity index (χ2v) is 2.96. The number of amides is 3. The van der Waals surface area contributed by atoms with Gasteiger partial charge in [0.25, 0.3) is 0 Å². The average molecular weight is 201 g/mol. The van der Waals surface area contributed by atoms with Crippen LogP contribution in [0, 0.1) is 0 Å². The van der Waals surface area contributed by atoms with E-state index in [2.05, 4.69) is 22.9 Å². The van der Waals surface area contributed by atoms with Gasteiger partial charge in [0, 0.05) is 26.6 Å². The molecule has 3 amide bonds. The van der Waals surface area contributed by atoms with Crippen LogP contribution in [0.5, 0.6) is 0 Å². The van der Waals surface area contributed by atoms with Crippen molar-refractivity contribution in [1.29, 1.82) is 0 Å². The molecule has 3 N–H and O–H groups in total. The highest BCUT2D eigenvalue weighted by atomic mass is 16.2. The molecule has 0 aliphatic rings. The predicted molar refractivity (Wildman–Crippen MR) is 55.0 cm³/mol.